The summed E-state index contributed by atoms with van der Waals surface area (Å²) in [5.41, 5.74) is -0.327. The maximum Gasteiger partial charge on any atom is 0.417 e. The third-order valence-corrected chi connectivity index (χ3v) is 12.2. The Labute approximate surface area is 325 Å². The molecule has 1 saturated heterocycles. The number of benzene rings is 3. The van der Waals surface area contributed by atoms with Crippen LogP contribution in [0.5, 0.6) is 11.5 Å². The van der Waals surface area contributed by atoms with Crippen molar-refractivity contribution in [2.75, 3.05) is 27.3 Å². The Morgan fingerprint density at radius 1 is 0.821 bits per heavy atom. The van der Waals surface area contributed by atoms with Gasteiger partial charge in [-0.25, -0.2) is 22.6 Å². The van der Waals surface area contributed by atoms with E-state index in [1.165, 1.54) is 25.0 Å². The Kier molecular flexibility index (Phi) is 12.3. The SMILES string of the molecule is COc1ccc(CNS(=O)(=O)c2c(C(F)(F)F)ccc(C3CCC(C4CCN(C(=O)OC(C)(C)C)CC4)CC3)c2-c2nnnn2Cc2ccc(OC)cc2)cc1. The minimum absolute atomic E-state index is 0.0650. The lowest BCUT2D eigenvalue weighted by atomic mass is 9.70. The summed E-state index contributed by atoms with van der Waals surface area (Å²) in [6, 6.07) is 15.9. The van der Waals surface area contributed by atoms with Crippen molar-refractivity contribution >= 4 is 16.1 Å². The molecule has 0 unspecified atom stereocenters. The van der Waals surface area contributed by atoms with E-state index in [1.54, 1.807) is 53.4 Å². The Morgan fingerprint density at radius 3 is 1.95 bits per heavy atom. The average molecular weight is 799 g/mol. The molecule has 2 aliphatic rings. The number of hydrogen-bond donors (Lipinski definition) is 1. The average Bonchev–Trinajstić information content (AvgIpc) is 3.63. The molecule has 12 nitrogen and oxygen atoms in total. The smallest absolute Gasteiger partial charge is 0.417 e. The van der Waals surface area contributed by atoms with Gasteiger partial charge in [0.05, 0.1) is 26.3 Å². The molecule has 0 bridgehead atoms. The lowest BCUT2D eigenvalue weighted by Gasteiger charge is -2.39. The molecular formula is C40H49F3N6O6S. The van der Waals surface area contributed by atoms with E-state index >= 15 is 0 Å². The van der Waals surface area contributed by atoms with Gasteiger partial charge in [-0.3, -0.25) is 0 Å². The van der Waals surface area contributed by atoms with Gasteiger partial charge in [0.15, 0.2) is 5.82 Å². The molecule has 1 N–H and O–H groups in total. The maximum absolute atomic E-state index is 14.9. The normalized spacial score (nSPS) is 18.5. The van der Waals surface area contributed by atoms with Crippen LogP contribution in [0.4, 0.5) is 18.0 Å². The zero-order valence-corrected chi connectivity index (χ0v) is 33.1. The fourth-order valence-electron chi connectivity index (χ4n) is 7.84. The number of carbonyl (C=O) groups excluding carboxylic acids is 1. The van der Waals surface area contributed by atoms with Gasteiger partial charge in [0.1, 0.15) is 22.0 Å². The Bertz CT molecular complexity index is 2070. The lowest BCUT2D eigenvalue weighted by molar-refractivity contribution is -0.139. The van der Waals surface area contributed by atoms with E-state index in [0.29, 0.717) is 60.4 Å². The molecule has 0 spiro atoms. The topological polar surface area (TPSA) is 138 Å². The number of ether oxygens (including phenoxy) is 3. The summed E-state index contributed by atoms with van der Waals surface area (Å²) in [6.45, 7) is 6.54. The second-order valence-electron chi connectivity index (χ2n) is 15.5. The lowest BCUT2D eigenvalue weighted by Crippen LogP contribution is -2.43. The number of sulfonamides is 1. The van der Waals surface area contributed by atoms with Crippen LogP contribution < -0.4 is 14.2 Å². The molecule has 1 aliphatic carbocycles. The van der Waals surface area contributed by atoms with Crippen molar-refractivity contribution in [1.82, 2.24) is 29.8 Å². The van der Waals surface area contributed by atoms with Gasteiger partial charge >= 0.3 is 12.3 Å². The molecule has 3 aromatic carbocycles. The molecular weight excluding hydrogens is 750 g/mol. The van der Waals surface area contributed by atoms with Crippen LogP contribution in [0.3, 0.4) is 0 Å². The van der Waals surface area contributed by atoms with Crippen LogP contribution in [0.25, 0.3) is 11.4 Å². The minimum atomic E-state index is -5.02. The quantitative estimate of drug-likeness (QED) is 0.161. The molecule has 1 saturated carbocycles. The van der Waals surface area contributed by atoms with Gasteiger partial charge in [0, 0.05) is 25.2 Å². The number of rotatable bonds is 11. The third kappa shape index (κ3) is 9.63. The van der Waals surface area contributed by atoms with Gasteiger partial charge in [-0.15, -0.1) is 5.10 Å². The second-order valence-corrected chi connectivity index (χ2v) is 17.2. The molecule has 0 atom stereocenters. The molecule has 6 rings (SSSR count). The van der Waals surface area contributed by atoms with Gasteiger partial charge in [-0.1, -0.05) is 30.3 Å². The number of hydrogen-bond acceptors (Lipinski definition) is 9. The Morgan fingerprint density at radius 2 is 1.39 bits per heavy atom. The van der Waals surface area contributed by atoms with E-state index in [-0.39, 0.29) is 36.5 Å². The summed E-state index contributed by atoms with van der Waals surface area (Å²) in [7, 11) is -1.79. The largest absolute Gasteiger partial charge is 0.497 e. The van der Waals surface area contributed by atoms with Crippen molar-refractivity contribution in [3.63, 3.8) is 0 Å². The van der Waals surface area contributed by atoms with Gasteiger partial charge in [-0.05, 0) is 134 Å². The number of piperidine rings is 1. The Hall–Kier alpha value is -4.70. The molecule has 1 amide bonds. The highest BCUT2D eigenvalue weighted by atomic mass is 32.2. The predicted octanol–water partition coefficient (Wildman–Crippen LogP) is 7.82. The van der Waals surface area contributed by atoms with Gasteiger partial charge in [0.25, 0.3) is 0 Å². The fourth-order valence-corrected chi connectivity index (χ4v) is 9.29. The highest BCUT2D eigenvalue weighted by Crippen LogP contribution is 2.48. The van der Waals surface area contributed by atoms with Crippen molar-refractivity contribution in [3.8, 4) is 22.9 Å². The molecule has 2 fully saturated rings. The number of carbonyl (C=O) groups is 1. The van der Waals surface area contributed by atoms with Crippen molar-refractivity contribution < 1.29 is 40.6 Å². The van der Waals surface area contributed by atoms with Crippen molar-refractivity contribution in [3.05, 3.63) is 82.9 Å². The van der Waals surface area contributed by atoms with E-state index in [4.69, 9.17) is 14.2 Å². The zero-order valence-electron chi connectivity index (χ0n) is 32.3. The van der Waals surface area contributed by atoms with E-state index in [0.717, 1.165) is 37.3 Å². The molecule has 1 aliphatic heterocycles. The van der Waals surface area contributed by atoms with Gasteiger partial charge in [0.2, 0.25) is 10.0 Å². The van der Waals surface area contributed by atoms with Crippen molar-refractivity contribution in [1.29, 1.82) is 0 Å². The van der Waals surface area contributed by atoms with Gasteiger partial charge in [-0.2, -0.15) is 13.2 Å². The first-order valence-corrected chi connectivity index (χ1v) is 20.3. The monoisotopic (exact) mass is 798 g/mol. The fraction of sp³-hybridized carbons (Fsp3) is 0.500. The molecule has 4 aromatic rings. The summed E-state index contributed by atoms with van der Waals surface area (Å²) in [6.07, 6.45) is -0.786. The second kappa shape index (κ2) is 16.8. The molecule has 56 heavy (non-hydrogen) atoms. The molecule has 1 aromatic heterocycles. The maximum atomic E-state index is 14.9. The number of aromatic nitrogens is 4. The third-order valence-electron chi connectivity index (χ3n) is 10.7. The molecule has 0 radical (unpaired) electrons. The molecule has 2 heterocycles. The first-order valence-electron chi connectivity index (χ1n) is 18.8. The first kappa shape index (κ1) is 40.9. The van der Waals surface area contributed by atoms with E-state index in [9.17, 15) is 26.4 Å². The summed E-state index contributed by atoms with van der Waals surface area (Å²) in [5, 5.41) is 12.2. The molecule has 302 valence electrons. The van der Waals surface area contributed by atoms with Crippen molar-refractivity contribution in [2.45, 2.75) is 95.0 Å². The van der Waals surface area contributed by atoms with Crippen LogP contribution in [0.1, 0.15) is 87.5 Å². The number of halogens is 3. The number of amides is 1. The van der Waals surface area contributed by atoms with E-state index in [2.05, 4.69) is 20.2 Å². The number of likely N-dealkylation sites (tertiary alicyclic amines) is 1. The van der Waals surface area contributed by atoms with E-state index in [1.807, 2.05) is 20.8 Å². The minimum Gasteiger partial charge on any atom is -0.497 e. The zero-order chi connectivity index (χ0) is 40.3. The molecule has 16 heteroatoms. The van der Waals surface area contributed by atoms with Crippen LogP contribution in [-0.4, -0.2) is 72.5 Å². The Balaban J connectivity index is 1.33. The van der Waals surface area contributed by atoms with Crippen LogP contribution in [0.2, 0.25) is 0 Å². The highest BCUT2D eigenvalue weighted by Gasteiger charge is 2.42. The number of alkyl halides is 3. The predicted molar refractivity (Wildman–Crippen MR) is 203 cm³/mol. The number of nitrogens with zero attached hydrogens (tertiary/aromatic N) is 5. The van der Waals surface area contributed by atoms with Crippen LogP contribution in [0.15, 0.2) is 65.6 Å². The number of methoxy groups -OCH3 is 2. The standard InChI is InChI=1S/C40H49F3N6O6S/c1-39(2,3)55-38(50)48-22-20-29(21-23-48)28-10-12-30(13-11-28)33-18-19-34(40(41,42)43)36(56(51,52)44-24-26-6-14-31(53-4)15-7-26)35(33)37-45-46-47-49(37)25-27-8-16-32(54-5)17-9-27/h6-9,14-19,28-30,44H,10-13,20-25H2,1-5H3. The van der Waals surface area contributed by atoms with E-state index < -0.39 is 32.3 Å². The van der Waals surface area contributed by atoms with Crippen molar-refractivity contribution in [2.24, 2.45) is 11.8 Å². The number of nitrogens with one attached hydrogen (secondary N) is 1. The number of tetrazole rings is 1. The summed E-state index contributed by atoms with van der Waals surface area (Å²) in [4.78, 5) is 13.5. The summed E-state index contributed by atoms with van der Waals surface area (Å²) < 4.78 is 93.3. The van der Waals surface area contributed by atoms with Crippen LogP contribution in [0, 0.1) is 11.8 Å². The highest BCUT2D eigenvalue weighted by molar-refractivity contribution is 7.89. The van der Waals surface area contributed by atoms with Crippen LogP contribution >= 0.6 is 0 Å². The van der Waals surface area contributed by atoms with Crippen LogP contribution in [-0.2, 0) is 34.0 Å². The summed E-state index contributed by atoms with van der Waals surface area (Å²) in [5.74, 6) is 1.58. The summed E-state index contributed by atoms with van der Waals surface area (Å²) >= 11 is 0. The first-order chi connectivity index (χ1) is 26.6. The van der Waals surface area contributed by atoms with Gasteiger partial charge < -0.3 is 19.1 Å².